The highest BCUT2D eigenvalue weighted by Gasteiger charge is 2.08. The van der Waals surface area contributed by atoms with Crippen LogP contribution < -0.4 is 5.32 Å². The molecule has 136 valence electrons. The molecule has 26 heavy (non-hydrogen) atoms. The predicted molar refractivity (Wildman–Crippen MR) is 108 cm³/mol. The molecule has 2 heterocycles. The van der Waals surface area contributed by atoms with Crippen molar-refractivity contribution in [2.24, 2.45) is 12.0 Å². The molecule has 0 unspecified atom stereocenters. The largest absolute Gasteiger partial charge is 0.357 e. The van der Waals surface area contributed by atoms with E-state index in [0.717, 1.165) is 37.5 Å². The van der Waals surface area contributed by atoms with Gasteiger partial charge in [0, 0.05) is 50.7 Å². The summed E-state index contributed by atoms with van der Waals surface area (Å²) in [6.07, 6.45) is 4.80. The number of aliphatic imine (C=N–C) groups is 1. The van der Waals surface area contributed by atoms with Crippen LogP contribution in [-0.2, 0) is 20.0 Å². The van der Waals surface area contributed by atoms with Crippen LogP contribution in [0.2, 0.25) is 0 Å². The highest BCUT2D eigenvalue weighted by Crippen LogP contribution is 2.16. The molecule has 0 saturated heterocycles. The summed E-state index contributed by atoms with van der Waals surface area (Å²) in [6, 6.07) is 14.6. The van der Waals surface area contributed by atoms with Crippen LogP contribution in [0, 0.1) is 0 Å². The Morgan fingerprint density at radius 3 is 2.81 bits per heavy atom. The SMILES string of the molecule is CCNC(=NCCc1cccc2cccnc12)N(C)Cc1cccn1C. The fourth-order valence-electron chi connectivity index (χ4n) is 3.10. The molecule has 3 aromatic rings. The molecule has 0 aliphatic carbocycles. The standard InChI is InChI=1S/C21H27N5/c1-4-22-21(26(3)16-19-11-7-15-25(19)2)24-14-12-18-9-5-8-17-10-6-13-23-20(17)18/h5-11,13,15H,4,12,14,16H2,1-3H3,(H,22,24). The Bertz CT molecular complexity index is 875. The minimum Gasteiger partial charge on any atom is -0.357 e. The van der Waals surface area contributed by atoms with Gasteiger partial charge in [-0.05, 0) is 37.1 Å². The average Bonchev–Trinajstić information content (AvgIpc) is 3.05. The van der Waals surface area contributed by atoms with Crippen LogP contribution >= 0.6 is 0 Å². The van der Waals surface area contributed by atoms with Crippen molar-refractivity contribution in [3.8, 4) is 0 Å². The number of rotatable bonds is 6. The molecule has 1 N–H and O–H groups in total. The third kappa shape index (κ3) is 4.23. The summed E-state index contributed by atoms with van der Waals surface area (Å²) in [7, 11) is 4.15. The first kappa shape index (κ1) is 18.0. The summed E-state index contributed by atoms with van der Waals surface area (Å²) in [4.78, 5) is 11.5. The van der Waals surface area contributed by atoms with Crippen molar-refractivity contribution in [2.75, 3.05) is 20.1 Å². The van der Waals surface area contributed by atoms with Gasteiger partial charge in [0.1, 0.15) is 0 Å². The lowest BCUT2D eigenvalue weighted by Gasteiger charge is -2.22. The normalized spacial score (nSPS) is 11.7. The molecule has 3 rings (SSSR count). The molecule has 2 aromatic heterocycles. The quantitative estimate of drug-likeness (QED) is 0.549. The molecule has 0 radical (unpaired) electrons. The van der Waals surface area contributed by atoms with Crippen molar-refractivity contribution in [1.29, 1.82) is 0 Å². The van der Waals surface area contributed by atoms with Crippen LogP contribution in [0.3, 0.4) is 0 Å². The monoisotopic (exact) mass is 349 g/mol. The van der Waals surface area contributed by atoms with Crippen molar-refractivity contribution in [3.05, 3.63) is 66.1 Å². The zero-order valence-electron chi connectivity index (χ0n) is 15.8. The van der Waals surface area contributed by atoms with Crippen LogP contribution in [0.15, 0.2) is 59.9 Å². The van der Waals surface area contributed by atoms with Crippen molar-refractivity contribution < 1.29 is 0 Å². The van der Waals surface area contributed by atoms with E-state index in [1.807, 2.05) is 12.3 Å². The van der Waals surface area contributed by atoms with Gasteiger partial charge in [-0.15, -0.1) is 0 Å². The van der Waals surface area contributed by atoms with E-state index < -0.39 is 0 Å². The number of nitrogens with one attached hydrogen (secondary N) is 1. The lowest BCUT2D eigenvalue weighted by molar-refractivity contribution is 0.462. The van der Waals surface area contributed by atoms with Gasteiger partial charge >= 0.3 is 0 Å². The molecular weight excluding hydrogens is 322 g/mol. The number of para-hydroxylation sites is 1. The number of guanidine groups is 1. The molecule has 0 fully saturated rings. The molecule has 0 bridgehead atoms. The molecule has 0 amide bonds. The molecule has 5 heteroatoms. The maximum Gasteiger partial charge on any atom is 0.194 e. The maximum atomic E-state index is 4.82. The van der Waals surface area contributed by atoms with Gasteiger partial charge < -0.3 is 14.8 Å². The minimum absolute atomic E-state index is 0.732. The Morgan fingerprint density at radius 2 is 2.04 bits per heavy atom. The molecule has 0 aliphatic heterocycles. The van der Waals surface area contributed by atoms with Crippen molar-refractivity contribution >= 4 is 16.9 Å². The van der Waals surface area contributed by atoms with Crippen LogP contribution in [0.4, 0.5) is 0 Å². The fraction of sp³-hybridized carbons (Fsp3) is 0.333. The van der Waals surface area contributed by atoms with Gasteiger partial charge in [-0.3, -0.25) is 9.98 Å². The van der Waals surface area contributed by atoms with Gasteiger partial charge in [-0.25, -0.2) is 0 Å². The van der Waals surface area contributed by atoms with Crippen molar-refractivity contribution in [1.82, 2.24) is 19.8 Å². The van der Waals surface area contributed by atoms with E-state index in [1.54, 1.807) is 0 Å². The van der Waals surface area contributed by atoms with Crippen LogP contribution in [-0.4, -0.2) is 40.5 Å². The van der Waals surface area contributed by atoms with Gasteiger partial charge in [0.05, 0.1) is 12.1 Å². The minimum atomic E-state index is 0.732. The van der Waals surface area contributed by atoms with E-state index in [9.17, 15) is 0 Å². The van der Waals surface area contributed by atoms with E-state index in [4.69, 9.17) is 4.99 Å². The number of aromatic nitrogens is 2. The van der Waals surface area contributed by atoms with Gasteiger partial charge in [0.15, 0.2) is 5.96 Å². The van der Waals surface area contributed by atoms with Gasteiger partial charge in [0.25, 0.3) is 0 Å². The number of benzene rings is 1. The summed E-state index contributed by atoms with van der Waals surface area (Å²) >= 11 is 0. The van der Waals surface area contributed by atoms with E-state index in [2.05, 4.69) is 83.4 Å². The summed E-state index contributed by atoms with van der Waals surface area (Å²) in [5.41, 5.74) is 3.58. The topological polar surface area (TPSA) is 45.5 Å². The summed E-state index contributed by atoms with van der Waals surface area (Å²) in [5, 5.41) is 4.57. The van der Waals surface area contributed by atoms with E-state index in [1.165, 1.54) is 16.6 Å². The maximum absolute atomic E-state index is 4.82. The molecule has 0 atom stereocenters. The summed E-state index contributed by atoms with van der Waals surface area (Å²) in [5.74, 6) is 0.932. The third-order valence-corrected chi connectivity index (χ3v) is 4.51. The lowest BCUT2D eigenvalue weighted by Crippen LogP contribution is -2.39. The zero-order chi connectivity index (χ0) is 18.4. The smallest absolute Gasteiger partial charge is 0.194 e. The Hall–Kier alpha value is -2.82. The predicted octanol–water partition coefficient (Wildman–Crippen LogP) is 3.21. The van der Waals surface area contributed by atoms with Crippen molar-refractivity contribution in [3.63, 3.8) is 0 Å². The molecule has 0 saturated carbocycles. The van der Waals surface area contributed by atoms with Crippen LogP contribution in [0.25, 0.3) is 10.9 Å². The van der Waals surface area contributed by atoms with E-state index in [0.29, 0.717) is 0 Å². The Kier molecular flexibility index (Phi) is 5.89. The lowest BCUT2D eigenvalue weighted by atomic mass is 10.1. The number of hydrogen-bond donors (Lipinski definition) is 1. The highest BCUT2D eigenvalue weighted by atomic mass is 15.3. The number of nitrogens with zero attached hydrogens (tertiary/aromatic N) is 4. The first-order valence-corrected chi connectivity index (χ1v) is 9.11. The number of fused-ring (bicyclic) bond motifs is 1. The number of pyridine rings is 1. The summed E-state index contributed by atoms with van der Waals surface area (Å²) in [6.45, 7) is 4.51. The first-order valence-electron chi connectivity index (χ1n) is 9.11. The first-order chi connectivity index (χ1) is 12.7. The second kappa shape index (κ2) is 8.52. The van der Waals surface area contributed by atoms with Crippen molar-refractivity contribution in [2.45, 2.75) is 19.9 Å². The molecular formula is C21H27N5. The van der Waals surface area contributed by atoms with Gasteiger partial charge in [-0.2, -0.15) is 0 Å². The van der Waals surface area contributed by atoms with E-state index >= 15 is 0 Å². The van der Waals surface area contributed by atoms with Gasteiger partial charge in [-0.1, -0.05) is 24.3 Å². The Labute approximate surface area is 155 Å². The fourth-order valence-corrected chi connectivity index (χ4v) is 3.10. The zero-order valence-corrected chi connectivity index (χ0v) is 15.8. The van der Waals surface area contributed by atoms with E-state index in [-0.39, 0.29) is 0 Å². The third-order valence-electron chi connectivity index (χ3n) is 4.51. The average molecular weight is 349 g/mol. The molecule has 5 nitrogen and oxygen atoms in total. The molecule has 1 aromatic carbocycles. The second-order valence-corrected chi connectivity index (χ2v) is 6.44. The highest BCUT2D eigenvalue weighted by molar-refractivity contribution is 5.82. The second-order valence-electron chi connectivity index (χ2n) is 6.44. The van der Waals surface area contributed by atoms with Crippen LogP contribution in [0.1, 0.15) is 18.2 Å². The summed E-state index contributed by atoms with van der Waals surface area (Å²) < 4.78 is 2.14. The van der Waals surface area contributed by atoms with Gasteiger partial charge in [0.2, 0.25) is 0 Å². The Balaban J connectivity index is 1.69. The number of hydrogen-bond acceptors (Lipinski definition) is 2. The number of aryl methyl sites for hydroxylation is 1. The molecule has 0 aliphatic rings. The Morgan fingerprint density at radius 1 is 1.19 bits per heavy atom. The van der Waals surface area contributed by atoms with Crippen LogP contribution in [0.5, 0.6) is 0 Å². The molecule has 0 spiro atoms.